The molecule has 0 saturated carbocycles. The first-order chi connectivity index (χ1) is 17.0. The van der Waals surface area contributed by atoms with Gasteiger partial charge in [0.2, 0.25) is 0 Å². The van der Waals surface area contributed by atoms with Crippen LogP contribution in [0.5, 0.6) is 0 Å². The number of rotatable bonds is 5. The number of hydrogen-bond acceptors (Lipinski definition) is 7. The summed E-state index contributed by atoms with van der Waals surface area (Å²) in [6.45, 7) is 2.60. The second-order valence-electron chi connectivity index (χ2n) is 8.64. The normalized spacial score (nSPS) is 11.8. The van der Waals surface area contributed by atoms with Gasteiger partial charge in [0.15, 0.2) is 17.3 Å². The van der Waals surface area contributed by atoms with E-state index in [-0.39, 0.29) is 11.0 Å². The third-order valence-electron chi connectivity index (χ3n) is 5.70. The van der Waals surface area contributed by atoms with Crippen LogP contribution in [-0.4, -0.2) is 63.7 Å². The molecule has 0 saturated heterocycles. The highest BCUT2D eigenvalue weighted by atomic mass is 19.1. The van der Waals surface area contributed by atoms with Gasteiger partial charge in [0.25, 0.3) is 0 Å². The molecule has 6 aromatic rings. The maximum absolute atomic E-state index is 15.9. The van der Waals surface area contributed by atoms with Crippen molar-refractivity contribution < 1.29 is 4.39 Å². The SMILES string of the molecule is Cc1cn(-c2nccc3[nH]c(-c4[nH]nc5ncc(-c6cncc(CN(C)C)c6)c(F)c45)nc23)cn1. The summed E-state index contributed by atoms with van der Waals surface area (Å²) in [4.78, 5) is 27.4. The summed E-state index contributed by atoms with van der Waals surface area (Å²) in [6, 6.07) is 3.74. The van der Waals surface area contributed by atoms with Gasteiger partial charge < -0.3 is 9.88 Å². The van der Waals surface area contributed by atoms with Crippen LogP contribution in [0.25, 0.3) is 50.5 Å². The van der Waals surface area contributed by atoms with Gasteiger partial charge in [0, 0.05) is 48.7 Å². The van der Waals surface area contributed by atoms with E-state index in [0.29, 0.717) is 40.5 Å². The van der Waals surface area contributed by atoms with Gasteiger partial charge in [-0.15, -0.1) is 0 Å². The zero-order valence-electron chi connectivity index (χ0n) is 19.3. The maximum atomic E-state index is 15.9. The van der Waals surface area contributed by atoms with E-state index in [9.17, 15) is 0 Å². The number of aryl methyl sites for hydroxylation is 1. The van der Waals surface area contributed by atoms with Gasteiger partial charge in [-0.25, -0.2) is 24.3 Å². The van der Waals surface area contributed by atoms with Crippen molar-refractivity contribution in [2.45, 2.75) is 13.5 Å². The smallest absolute Gasteiger partial charge is 0.184 e. The molecule has 6 aromatic heterocycles. The Bertz CT molecular complexity index is 1690. The van der Waals surface area contributed by atoms with Gasteiger partial charge >= 0.3 is 0 Å². The van der Waals surface area contributed by atoms with Crippen LogP contribution in [-0.2, 0) is 6.54 Å². The standard InChI is InChI=1S/C24H21FN10/c1-13-10-35(12-29-13)24-20-17(4-5-27-24)30-23(31-20)21-18-19(25)16(9-28-22(18)33-32-21)15-6-14(7-26-8-15)11-34(2)3/h4-10,12H,11H2,1-3H3,(H,30,31)(H,28,32,33). The zero-order valence-corrected chi connectivity index (χ0v) is 19.3. The molecular formula is C24H21FN10. The lowest BCUT2D eigenvalue weighted by atomic mass is 10.1. The van der Waals surface area contributed by atoms with Crippen molar-refractivity contribution >= 4 is 22.1 Å². The van der Waals surface area contributed by atoms with E-state index >= 15 is 4.39 Å². The van der Waals surface area contributed by atoms with Crippen molar-refractivity contribution in [3.05, 3.63) is 66.5 Å². The third-order valence-corrected chi connectivity index (χ3v) is 5.70. The fourth-order valence-corrected chi connectivity index (χ4v) is 4.18. The monoisotopic (exact) mass is 468 g/mol. The van der Waals surface area contributed by atoms with E-state index in [4.69, 9.17) is 4.98 Å². The fraction of sp³-hybridized carbons (Fsp3) is 0.167. The Morgan fingerprint density at radius 1 is 1.11 bits per heavy atom. The first-order valence-corrected chi connectivity index (χ1v) is 11.0. The fourth-order valence-electron chi connectivity index (χ4n) is 4.18. The van der Waals surface area contributed by atoms with E-state index in [1.807, 2.05) is 44.2 Å². The Morgan fingerprint density at radius 2 is 2.00 bits per heavy atom. The Hall–Kier alpha value is -4.51. The number of aromatic nitrogens is 9. The first kappa shape index (κ1) is 21.1. The number of nitrogens with zero attached hydrogens (tertiary/aromatic N) is 8. The average molecular weight is 469 g/mol. The van der Waals surface area contributed by atoms with Crippen molar-refractivity contribution in [3.8, 4) is 28.5 Å². The Kier molecular flexibility index (Phi) is 4.85. The van der Waals surface area contributed by atoms with Gasteiger partial charge in [0.1, 0.15) is 23.4 Å². The number of aromatic amines is 2. The van der Waals surface area contributed by atoms with Crippen LogP contribution in [0.1, 0.15) is 11.3 Å². The number of fused-ring (bicyclic) bond motifs is 2. The number of imidazole rings is 2. The van der Waals surface area contributed by atoms with Crippen LogP contribution in [0.4, 0.5) is 4.39 Å². The molecule has 0 bridgehead atoms. The van der Waals surface area contributed by atoms with Gasteiger partial charge in [-0.05, 0) is 38.7 Å². The molecule has 174 valence electrons. The zero-order chi connectivity index (χ0) is 24.1. The maximum Gasteiger partial charge on any atom is 0.184 e. The highest BCUT2D eigenvalue weighted by molar-refractivity contribution is 5.95. The number of nitrogens with one attached hydrogen (secondary N) is 2. The topological polar surface area (TPSA) is 117 Å². The van der Waals surface area contributed by atoms with Crippen LogP contribution in [0.3, 0.4) is 0 Å². The summed E-state index contributed by atoms with van der Waals surface area (Å²) in [5.41, 5.74) is 4.90. The minimum atomic E-state index is -0.438. The highest BCUT2D eigenvalue weighted by Gasteiger charge is 2.21. The molecule has 0 aliphatic heterocycles. The predicted molar refractivity (Wildman–Crippen MR) is 129 cm³/mol. The Labute approximate surface area is 198 Å². The minimum Gasteiger partial charge on any atom is -0.336 e. The first-order valence-electron chi connectivity index (χ1n) is 11.0. The molecule has 6 rings (SSSR count). The predicted octanol–water partition coefficient (Wildman–Crippen LogP) is 3.65. The summed E-state index contributed by atoms with van der Waals surface area (Å²) in [7, 11) is 3.95. The van der Waals surface area contributed by atoms with Gasteiger partial charge in [0.05, 0.1) is 16.6 Å². The van der Waals surface area contributed by atoms with Gasteiger partial charge in [-0.1, -0.05) is 0 Å². The quantitative estimate of drug-likeness (QED) is 0.397. The van der Waals surface area contributed by atoms with Crippen LogP contribution < -0.4 is 0 Å². The van der Waals surface area contributed by atoms with E-state index < -0.39 is 5.82 Å². The van der Waals surface area contributed by atoms with Gasteiger partial charge in [-0.3, -0.25) is 14.6 Å². The minimum absolute atomic E-state index is 0.257. The molecule has 35 heavy (non-hydrogen) atoms. The highest BCUT2D eigenvalue weighted by Crippen LogP contribution is 2.33. The molecule has 0 amide bonds. The van der Waals surface area contributed by atoms with E-state index in [0.717, 1.165) is 16.8 Å². The molecule has 2 N–H and O–H groups in total. The summed E-state index contributed by atoms with van der Waals surface area (Å²) in [5.74, 6) is 0.620. The second-order valence-corrected chi connectivity index (χ2v) is 8.64. The lowest BCUT2D eigenvalue weighted by molar-refractivity contribution is 0.402. The molecule has 10 nitrogen and oxygen atoms in total. The number of pyridine rings is 3. The van der Waals surface area contributed by atoms with Gasteiger partial charge in [-0.2, -0.15) is 5.10 Å². The van der Waals surface area contributed by atoms with E-state index in [1.165, 1.54) is 6.20 Å². The third kappa shape index (κ3) is 3.62. The largest absolute Gasteiger partial charge is 0.336 e. The van der Waals surface area contributed by atoms with E-state index in [2.05, 4.69) is 35.1 Å². The molecule has 0 aliphatic rings. The molecule has 11 heteroatoms. The molecule has 0 aliphatic carbocycles. The van der Waals surface area contributed by atoms with Crippen molar-refractivity contribution in [1.29, 1.82) is 0 Å². The van der Waals surface area contributed by atoms with Crippen molar-refractivity contribution in [2.75, 3.05) is 14.1 Å². The molecular weight excluding hydrogens is 447 g/mol. The van der Waals surface area contributed by atoms with Crippen LogP contribution in [0.2, 0.25) is 0 Å². The molecule has 0 spiro atoms. The number of halogens is 1. The molecule has 0 radical (unpaired) electrons. The Balaban J connectivity index is 1.49. The molecule has 0 unspecified atom stereocenters. The summed E-state index contributed by atoms with van der Waals surface area (Å²) in [6.07, 6.45) is 10.1. The lowest BCUT2D eigenvalue weighted by Gasteiger charge is -2.11. The molecule has 6 heterocycles. The Morgan fingerprint density at radius 3 is 2.80 bits per heavy atom. The average Bonchev–Trinajstić information content (AvgIpc) is 3.56. The van der Waals surface area contributed by atoms with E-state index in [1.54, 1.807) is 29.5 Å². The molecule has 0 fully saturated rings. The summed E-state index contributed by atoms with van der Waals surface area (Å²) in [5, 5.41) is 7.37. The number of H-pyrrole nitrogens is 2. The molecule has 0 aromatic carbocycles. The summed E-state index contributed by atoms with van der Waals surface area (Å²) < 4.78 is 17.7. The second kappa shape index (κ2) is 8.06. The number of hydrogen-bond donors (Lipinski definition) is 2. The summed E-state index contributed by atoms with van der Waals surface area (Å²) >= 11 is 0. The van der Waals surface area contributed by atoms with Crippen molar-refractivity contribution in [3.63, 3.8) is 0 Å². The lowest BCUT2D eigenvalue weighted by Crippen LogP contribution is -2.10. The van der Waals surface area contributed by atoms with Crippen LogP contribution in [0, 0.1) is 12.7 Å². The molecule has 0 atom stereocenters. The van der Waals surface area contributed by atoms with Crippen LogP contribution >= 0.6 is 0 Å². The van der Waals surface area contributed by atoms with Crippen molar-refractivity contribution in [2.24, 2.45) is 0 Å². The van der Waals surface area contributed by atoms with Crippen molar-refractivity contribution in [1.82, 2.24) is 49.6 Å². The van der Waals surface area contributed by atoms with Crippen LogP contribution in [0.15, 0.2) is 49.4 Å².